The summed E-state index contributed by atoms with van der Waals surface area (Å²) >= 11 is 0. The van der Waals surface area contributed by atoms with Crippen LogP contribution in [-0.2, 0) is 32.8 Å². The molecule has 4 aromatic carbocycles. The standard InChI is InChI=1S/C50H54N12O4S2/c1-55-25-29-57(30-26-55)35-37-9-5-11-41(33-37)61(49-51-47-15-7-13-45(59(47)53-49)39-17-21-43(22-18-39)67(3,63)64)62(42-12-6-10-38(34-42)36-58-31-27-56(2)28-32-58)50-52-48-16-8-14-46(60(48)54-50)40-19-23-44(24-20-40)68(4,65)66/h5-24,33-34H,25-32,35-36H2,1-4H3. The molecule has 0 amide bonds. The summed E-state index contributed by atoms with van der Waals surface area (Å²) < 4.78 is 53.2. The number of sulfone groups is 2. The van der Waals surface area contributed by atoms with Gasteiger partial charge in [-0.05, 0) is 98.0 Å². The van der Waals surface area contributed by atoms with Gasteiger partial charge in [0.25, 0.3) is 11.9 Å². The lowest BCUT2D eigenvalue weighted by Crippen LogP contribution is -2.44. The first kappa shape index (κ1) is 45.3. The Balaban J connectivity index is 1.16. The molecule has 4 aromatic heterocycles. The van der Waals surface area contributed by atoms with Gasteiger partial charge in [0.2, 0.25) is 0 Å². The van der Waals surface area contributed by atoms with Crippen LogP contribution in [0.1, 0.15) is 11.1 Å². The first-order valence-electron chi connectivity index (χ1n) is 22.7. The van der Waals surface area contributed by atoms with E-state index in [4.69, 9.17) is 20.2 Å². The van der Waals surface area contributed by atoms with Gasteiger partial charge in [-0.25, -0.2) is 35.9 Å². The number of rotatable bonds is 13. The summed E-state index contributed by atoms with van der Waals surface area (Å²) in [5.41, 5.74) is 7.97. The first-order valence-corrected chi connectivity index (χ1v) is 26.4. The van der Waals surface area contributed by atoms with Crippen LogP contribution in [-0.4, -0.2) is 145 Å². The van der Waals surface area contributed by atoms with Gasteiger partial charge in [-0.3, -0.25) is 9.80 Å². The lowest BCUT2D eigenvalue weighted by Gasteiger charge is -2.35. The Morgan fingerprint density at radius 2 is 0.838 bits per heavy atom. The van der Waals surface area contributed by atoms with Crippen molar-refractivity contribution in [2.45, 2.75) is 22.9 Å². The molecule has 2 fully saturated rings. The predicted octanol–water partition coefficient (Wildman–Crippen LogP) is 6.30. The Kier molecular flexibility index (Phi) is 12.3. The summed E-state index contributed by atoms with van der Waals surface area (Å²) in [7, 11) is -2.48. The maximum absolute atomic E-state index is 12.4. The number of nitrogens with zero attached hydrogens (tertiary/aromatic N) is 12. The van der Waals surface area contributed by atoms with Crippen LogP contribution in [0.5, 0.6) is 0 Å². The molecule has 2 saturated heterocycles. The molecule has 8 aromatic rings. The molecule has 0 spiro atoms. The van der Waals surface area contributed by atoms with Crippen molar-refractivity contribution in [3.8, 4) is 22.5 Å². The van der Waals surface area contributed by atoms with Crippen molar-refractivity contribution < 1.29 is 16.8 Å². The van der Waals surface area contributed by atoms with E-state index in [-0.39, 0.29) is 9.79 Å². The smallest absolute Gasteiger partial charge is 0.269 e. The molecule has 0 unspecified atom stereocenters. The van der Waals surface area contributed by atoms with Crippen LogP contribution in [0, 0.1) is 0 Å². The molecular formula is C50H54N12O4S2. The summed E-state index contributed by atoms with van der Waals surface area (Å²) in [6.07, 6.45) is 2.40. The second-order valence-electron chi connectivity index (χ2n) is 17.9. The van der Waals surface area contributed by atoms with E-state index in [0.717, 1.165) is 110 Å². The molecule has 10 rings (SSSR count). The lowest BCUT2D eigenvalue weighted by atomic mass is 10.1. The number of fused-ring (bicyclic) bond motifs is 2. The average Bonchev–Trinajstić information content (AvgIpc) is 3.97. The van der Waals surface area contributed by atoms with Gasteiger partial charge in [0.15, 0.2) is 31.0 Å². The quantitative estimate of drug-likeness (QED) is 0.119. The number of likely N-dealkylation sites (N-methyl/N-ethyl adjacent to an activating group) is 2. The molecule has 16 nitrogen and oxygen atoms in total. The number of piperazine rings is 2. The molecule has 0 bridgehead atoms. The monoisotopic (exact) mass is 950 g/mol. The maximum Gasteiger partial charge on any atom is 0.269 e. The highest BCUT2D eigenvalue weighted by Crippen LogP contribution is 2.37. The van der Waals surface area contributed by atoms with E-state index >= 15 is 0 Å². The third-order valence-electron chi connectivity index (χ3n) is 12.7. The van der Waals surface area contributed by atoms with Crippen molar-refractivity contribution in [1.29, 1.82) is 0 Å². The third kappa shape index (κ3) is 9.60. The Morgan fingerprint density at radius 1 is 0.471 bits per heavy atom. The van der Waals surface area contributed by atoms with Gasteiger partial charge in [0.1, 0.15) is 0 Å². The van der Waals surface area contributed by atoms with E-state index in [9.17, 15) is 16.8 Å². The normalized spacial score (nSPS) is 15.9. The summed E-state index contributed by atoms with van der Waals surface area (Å²) in [6.45, 7) is 9.36. The number of hydrogen-bond acceptors (Lipinski definition) is 14. The van der Waals surface area contributed by atoms with Crippen molar-refractivity contribution >= 4 is 54.2 Å². The Labute approximate surface area is 397 Å². The molecule has 2 aliphatic rings. The first-order chi connectivity index (χ1) is 32.7. The number of hydrazine groups is 1. The summed E-state index contributed by atoms with van der Waals surface area (Å²) in [5, 5.41) is 14.5. The third-order valence-corrected chi connectivity index (χ3v) is 15.0. The average molecular weight is 951 g/mol. The van der Waals surface area contributed by atoms with Gasteiger partial charge in [-0.15, -0.1) is 10.2 Å². The molecule has 2 aliphatic heterocycles. The molecule has 0 atom stereocenters. The summed E-state index contributed by atoms with van der Waals surface area (Å²) in [4.78, 5) is 20.6. The molecule has 6 heterocycles. The van der Waals surface area contributed by atoms with Crippen LogP contribution >= 0.6 is 0 Å². The van der Waals surface area contributed by atoms with E-state index in [0.29, 0.717) is 23.2 Å². The Bertz CT molecular complexity index is 3100. The predicted molar refractivity (Wildman–Crippen MR) is 266 cm³/mol. The SMILES string of the molecule is CN1CCN(Cc2cccc(N(c3nc4cccc(-c5ccc(S(C)(=O)=O)cc5)n4n3)N(c3cccc(CN4CCN(C)CC4)c3)c3nc4cccc(-c5ccc(S(C)(=O)=O)cc5)n4n3)c2)CC1. The van der Waals surface area contributed by atoms with Crippen molar-refractivity contribution in [3.05, 3.63) is 145 Å². The minimum Gasteiger partial charge on any atom is -0.304 e. The topological polar surface area (TPSA) is 148 Å². The number of hydrogen-bond donors (Lipinski definition) is 0. The molecule has 0 aliphatic carbocycles. The minimum absolute atomic E-state index is 0.231. The number of aromatic nitrogens is 6. The fraction of sp³-hybridized carbons (Fsp3) is 0.280. The second kappa shape index (κ2) is 18.5. The van der Waals surface area contributed by atoms with Gasteiger partial charge in [0.05, 0.1) is 32.6 Å². The lowest BCUT2D eigenvalue weighted by molar-refractivity contribution is 0.148. The van der Waals surface area contributed by atoms with Crippen molar-refractivity contribution in [3.63, 3.8) is 0 Å². The van der Waals surface area contributed by atoms with Crippen LogP contribution in [0.25, 0.3) is 33.8 Å². The Hall–Kier alpha value is -6.54. The van der Waals surface area contributed by atoms with Crippen LogP contribution < -0.4 is 10.0 Å². The second-order valence-corrected chi connectivity index (χ2v) is 21.9. The van der Waals surface area contributed by atoms with Gasteiger partial charge < -0.3 is 9.80 Å². The molecular weight excluding hydrogens is 897 g/mol. The zero-order chi connectivity index (χ0) is 47.2. The highest BCUT2D eigenvalue weighted by Gasteiger charge is 2.30. The van der Waals surface area contributed by atoms with Crippen molar-refractivity contribution in [2.24, 2.45) is 0 Å². The van der Waals surface area contributed by atoms with Gasteiger partial charge in [-0.2, -0.15) is 9.97 Å². The highest BCUT2D eigenvalue weighted by atomic mass is 32.2. The van der Waals surface area contributed by atoms with Crippen molar-refractivity contribution in [1.82, 2.24) is 48.8 Å². The summed E-state index contributed by atoms with van der Waals surface area (Å²) in [6, 6.07) is 42.0. The number of pyridine rings is 2. The Morgan fingerprint density at radius 3 is 1.21 bits per heavy atom. The maximum atomic E-state index is 12.4. The molecule has 350 valence electrons. The van der Waals surface area contributed by atoms with E-state index < -0.39 is 19.7 Å². The number of benzene rings is 4. The minimum atomic E-state index is -3.40. The zero-order valence-electron chi connectivity index (χ0n) is 38.6. The fourth-order valence-corrected chi connectivity index (χ4v) is 10.2. The van der Waals surface area contributed by atoms with E-state index in [1.54, 1.807) is 57.6 Å². The van der Waals surface area contributed by atoms with Crippen LogP contribution in [0.3, 0.4) is 0 Å². The van der Waals surface area contributed by atoms with Crippen LogP contribution in [0.4, 0.5) is 23.3 Å². The van der Waals surface area contributed by atoms with Crippen molar-refractivity contribution in [2.75, 3.05) is 89.0 Å². The van der Waals surface area contributed by atoms with Crippen LogP contribution in [0.15, 0.2) is 143 Å². The molecule has 18 heteroatoms. The van der Waals surface area contributed by atoms with Gasteiger partial charge in [0, 0.05) is 89.1 Å². The zero-order valence-corrected chi connectivity index (χ0v) is 40.2. The van der Waals surface area contributed by atoms with E-state index in [1.165, 1.54) is 12.5 Å². The van der Waals surface area contributed by atoms with Crippen LogP contribution in [0.2, 0.25) is 0 Å². The van der Waals surface area contributed by atoms with E-state index in [2.05, 4.69) is 82.2 Å². The molecule has 0 radical (unpaired) electrons. The highest BCUT2D eigenvalue weighted by molar-refractivity contribution is 7.91. The number of anilines is 4. The van der Waals surface area contributed by atoms with Gasteiger partial charge >= 0.3 is 0 Å². The summed E-state index contributed by atoms with van der Waals surface area (Å²) in [5.74, 6) is 0.698. The molecule has 68 heavy (non-hydrogen) atoms. The largest absolute Gasteiger partial charge is 0.304 e. The molecule has 0 N–H and O–H groups in total. The molecule has 0 saturated carbocycles. The van der Waals surface area contributed by atoms with Gasteiger partial charge in [-0.1, -0.05) is 60.7 Å². The fourth-order valence-electron chi connectivity index (χ4n) is 8.89. The van der Waals surface area contributed by atoms with E-state index in [1.807, 2.05) is 46.4 Å².